The first-order chi connectivity index (χ1) is 11.6. The standard InChI is InChI=1S/C18H17F2NO3/c19-14-5-6-17(16(20)11-14)24-12-13-3-1-2-4-15(13)18(22)21-7-9-23-10-8-21/h1-6,11H,7-10,12H2. The molecule has 0 atom stereocenters. The van der Waals surface area contributed by atoms with Crippen molar-refractivity contribution in [3.63, 3.8) is 0 Å². The molecule has 1 aliphatic heterocycles. The molecular weight excluding hydrogens is 316 g/mol. The Kier molecular flexibility index (Phi) is 5.05. The van der Waals surface area contributed by atoms with Crippen LogP contribution in [-0.2, 0) is 11.3 Å². The number of rotatable bonds is 4. The first kappa shape index (κ1) is 16.4. The lowest BCUT2D eigenvalue weighted by Gasteiger charge is -2.27. The van der Waals surface area contributed by atoms with Crippen molar-refractivity contribution in [1.29, 1.82) is 0 Å². The van der Waals surface area contributed by atoms with Gasteiger partial charge in [0, 0.05) is 30.3 Å². The van der Waals surface area contributed by atoms with Crippen LogP contribution in [0.1, 0.15) is 15.9 Å². The summed E-state index contributed by atoms with van der Waals surface area (Å²) in [5.74, 6) is -1.59. The summed E-state index contributed by atoms with van der Waals surface area (Å²) in [6.45, 7) is 2.15. The topological polar surface area (TPSA) is 38.8 Å². The number of hydrogen-bond donors (Lipinski definition) is 0. The van der Waals surface area contributed by atoms with Gasteiger partial charge in [-0.15, -0.1) is 0 Å². The van der Waals surface area contributed by atoms with Gasteiger partial charge in [-0.05, 0) is 18.2 Å². The van der Waals surface area contributed by atoms with E-state index in [1.165, 1.54) is 6.07 Å². The smallest absolute Gasteiger partial charge is 0.254 e. The van der Waals surface area contributed by atoms with Crippen molar-refractivity contribution in [3.05, 3.63) is 65.2 Å². The second-order valence-corrected chi connectivity index (χ2v) is 5.43. The summed E-state index contributed by atoms with van der Waals surface area (Å²) < 4.78 is 37.3. The molecule has 0 radical (unpaired) electrons. The highest BCUT2D eigenvalue weighted by atomic mass is 19.1. The summed E-state index contributed by atoms with van der Waals surface area (Å²) in [5, 5.41) is 0. The summed E-state index contributed by atoms with van der Waals surface area (Å²) >= 11 is 0. The molecule has 24 heavy (non-hydrogen) atoms. The van der Waals surface area contributed by atoms with Gasteiger partial charge in [0.25, 0.3) is 5.91 Å². The molecule has 6 heteroatoms. The summed E-state index contributed by atoms with van der Waals surface area (Å²) in [6.07, 6.45) is 0. The molecule has 2 aromatic rings. The van der Waals surface area contributed by atoms with Crippen LogP contribution in [0.3, 0.4) is 0 Å². The minimum atomic E-state index is -0.771. The number of halogens is 2. The molecule has 1 heterocycles. The Bertz CT molecular complexity index is 730. The van der Waals surface area contributed by atoms with Crippen LogP contribution in [0, 0.1) is 11.6 Å². The normalized spacial score (nSPS) is 14.5. The van der Waals surface area contributed by atoms with Crippen molar-refractivity contribution in [2.75, 3.05) is 26.3 Å². The molecule has 4 nitrogen and oxygen atoms in total. The first-order valence-electron chi connectivity index (χ1n) is 7.68. The molecule has 3 rings (SSSR count). The molecule has 0 aromatic heterocycles. The van der Waals surface area contributed by atoms with Crippen molar-refractivity contribution in [1.82, 2.24) is 4.90 Å². The van der Waals surface area contributed by atoms with Gasteiger partial charge >= 0.3 is 0 Å². The monoisotopic (exact) mass is 333 g/mol. The van der Waals surface area contributed by atoms with Gasteiger partial charge in [0.2, 0.25) is 0 Å². The predicted octanol–water partition coefficient (Wildman–Crippen LogP) is 3.02. The Morgan fingerprint density at radius 3 is 2.62 bits per heavy atom. The lowest BCUT2D eigenvalue weighted by molar-refractivity contribution is 0.0301. The molecule has 0 saturated carbocycles. The summed E-state index contributed by atoms with van der Waals surface area (Å²) in [6, 6.07) is 10.2. The molecule has 1 amide bonds. The number of ether oxygens (including phenoxy) is 2. The number of benzene rings is 2. The van der Waals surface area contributed by atoms with Gasteiger partial charge in [0.15, 0.2) is 11.6 Å². The minimum Gasteiger partial charge on any atom is -0.486 e. The number of carbonyl (C=O) groups excluding carboxylic acids is 1. The average Bonchev–Trinajstić information content (AvgIpc) is 2.61. The van der Waals surface area contributed by atoms with Crippen molar-refractivity contribution in [2.24, 2.45) is 0 Å². The SMILES string of the molecule is O=C(c1ccccc1COc1ccc(F)cc1F)N1CCOCC1. The van der Waals surface area contributed by atoms with Gasteiger partial charge in [0.05, 0.1) is 13.2 Å². The fraction of sp³-hybridized carbons (Fsp3) is 0.278. The number of nitrogens with zero attached hydrogens (tertiary/aromatic N) is 1. The third kappa shape index (κ3) is 3.71. The molecule has 0 unspecified atom stereocenters. The fourth-order valence-electron chi connectivity index (χ4n) is 2.54. The Hall–Kier alpha value is -2.47. The molecule has 2 aromatic carbocycles. The van der Waals surface area contributed by atoms with Gasteiger partial charge in [-0.1, -0.05) is 18.2 Å². The highest BCUT2D eigenvalue weighted by Gasteiger charge is 2.21. The van der Waals surface area contributed by atoms with Crippen molar-refractivity contribution in [3.8, 4) is 5.75 Å². The minimum absolute atomic E-state index is 0.0226. The van der Waals surface area contributed by atoms with Crippen LogP contribution in [-0.4, -0.2) is 37.1 Å². The summed E-state index contributed by atoms with van der Waals surface area (Å²) in [5.41, 5.74) is 1.17. The van der Waals surface area contributed by atoms with E-state index in [0.717, 1.165) is 12.1 Å². The Labute approximate surface area is 138 Å². The van der Waals surface area contributed by atoms with Gasteiger partial charge in [0.1, 0.15) is 12.4 Å². The van der Waals surface area contributed by atoms with E-state index < -0.39 is 11.6 Å². The fourth-order valence-corrected chi connectivity index (χ4v) is 2.54. The van der Waals surface area contributed by atoms with E-state index in [2.05, 4.69) is 0 Å². The largest absolute Gasteiger partial charge is 0.486 e. The van der Waals surface area contributed by atoms with E-state index in [1.807, 2.05) is 0 Å². The number of amides is 1. The van der Waals surface area contributed by atoms with Crippen LogP contribution < -0.4 is 4.74 Å². The maximum absolute atomic E-state index is 13.6. The maximum Gasteiger partial charge on any atom is 0.254 e. The lowest BCUT2D eigenvalue weighted by atomic mass is 10.1. The molecule has 126 valence electrons. The Morgan fingerprint density at radius 1 is 1.12 bits per heavy atom. The molecule has 1 fully saturated rings. The highest BCUT2D eigenvalue weighted by molar-refractivity contribution is 5.95. The van der Waals surface area contributed by atoms with E-state index in [1.54, 1.807) is 29.2 Å². The van der Waals surface area contributed by atoms with Crippen LogP contribution in [0.4, 0.5) is 8.78 Å². The third-order valence-electron chi connectivity index (χ3n) is 3.82. The second-order valence-electron chi connectivity index (χ2n) is 5.43. The van der Waals surface area contributed by atoms with Gasteiger partial charge in [-0.3, -0.25) is 4.79 Å². The Balaban J connectivity index is 1.75. The molecule has 0 N–H and O–H groups in total. The molecule has 1 saturated heterocycles. The zero-order valence-corrected chi connectivity index (χ0v) is 13.0. The average molecular weight is 333 g/mol. The van der Waals surface area contributed by atoms with Crippen LogP contribution in [0.15, 0.2) is 42.5 Å². The van der Waals surface area contributed by atoms with Crippen molar-refractivity contribution < 1.29 is 23.0 Å². The van der Waals surface area contributed by atoms with Crippen LogP contribution >= 0.6 is 0 Å². The highest BCUT2D eigenvalue weighted by Crippen LogP contribution is 2.21. The predicted molar refractivity (Wildman–Crippen MR) is 83.9 cm³/mol. The van der Waals surface area contributed by atoms with E-state index in [9.17, 15) is 13.6 Å². The maximum atomic E-state index is 13.6. The van der Waals surface area contributed by atoms with Crippen LogP contribution in [0.2, 0.25) is 0 Å². The van der Waals surface area contributed by atoms with Crippen molar-refractivity contribution >= 4 is 5.91 Å². The van der Waals surface area contributed by atoms with E-state index >= 15 is 0 Å². The Morgan fingerprint density at radius 2 is 1.88 bits per heavy atom. The number of hydrogen-bond acceptors (Lipinski definition) is 3. The van der Waals surface area contributed by atoms with E-state index in [4.69, 9.17) is 9.47 Å². The zero-order chi connectivity index (χ0) is 16.9. The number of carbonyl (C=O) groups is 1. The van der Waals surface area contributed by atoms with Crippen LogP contribution in [0.25, 0.3) is 0 Å². The van der Waals surface area contributed by atoms with Gasteiger partial charge < -0.3 is 14.4 Å². The summed E-state index contributed by atoms with van der Waals surface area (Å²) in [7, 11) is 0. The zero-order valence-electron chi connectivity index (χ0n) is 13.0. The number of morpholine rings is 1. The molecular formula is C18H17F2NO3. The van der Waals surface area contributed by atoms with Gasteiger partial charge in [-0.25, -0.2) is 8.78 Å². The van der Waals surface area contributed by atoms with E-state index in [-0.39, 0.29) is 18.3 Å². The quantitative estimate of drug-likeness (QED) is 0.863. The van der Waals surface area contributed by atoms with Crippen LogP contribution in [0.5, 0.6) is 5.75 Å². The van der Waals surface area contributed by atoms with Gasteiger partial charge in [-0.2, -0.15) is 0 Å². The van der Waals surface area contributed by atoms with E-state index in [0.29, 0.717) is 37.4 Å². The molecule has 0 bridgehead atoms. The lowest BCUT2D eigenvalue weighted by Crippen LogP contribution is -2.41. The second kappa shape index (κ2) is 7.40. The molecule has 0 aliphatic carbocycles. The summed E-state index contributed by atoms with van der Waals surface area (Å²) in [4.78, 5) is 14.4. The molecule has 1 aliphatic rings. The third-order valence-corrected chi connectivity index (χ3v) is 3.82. The molecule has 0 spiro atoms. The van der Waals surface area contributed by atoms with Crippen molar-refractivity contribution in [2.45, 2.75) is 6.61 Å². The first-order valence-corrected chi connectivity index (χ1v) is 7.68.